The predicted molar refractivity (Wildman–Crippen MR) is 252 cm³/mol. The molecule has 0 saturated carbocycles. The highest BCUT2D eigenvalue weighted by Crippen LogP contribution is 2.45. The quantitative estimate of drug-likeness (QED) is 0.0983. The Morgan fingerprint density at radius 1 is 0.475 bits per heavy atom. The Bertz CT molecular complexity index is 3530. The summed E-state index contributed by atoms with van der Waals surface area (Å²) in [6.45, 7) is 4.63. The van der Waals surface area contributed by atoms with E-state index in [4.69, 9.17) is 5.41 Å². The van der Waals surface area contributed by atoms with Crippen LogP contribution in [0.25, 0.3) is 104 Å². The molecule has 0 unspecified atom stereocenters. The second-order valence-electron chi connectivity index (χ2n) is 15.2. The summed E-state index contributed by atoms with van der Waals surface area (Å²) < 4.78 is 2.28. The fourth-order valence-electron chi connectivity index (χ4n) is 9.07. The van der Waals surface area contributed by atoms with Gasteiger partial charge in [-0.15, -0.1) is 0 Å². The summed E-state index contributed by atoms with van der Waals surface area (Å²) in [5, 5.41) is 20.4. The van der Waals surface area contributed by atoms with Gasteiger partial charge in [0.25, 0.3) is 0 Å². The van der Waals surface area contributed by atoms with E-state index in [0.717, 1.165) is 55.2 Å². The summed E-state index contributed by atoms with van der Waals surface area (Å²) >= 11 is 0. The average molecular weight is 752 g/mol. The first-order valence-corrected chi connectivity index (χ1v) is 20.0. The molecule has 0 saturated heterocycles. The lowest BCUT2D eigenvalue weighted by atomic mass is 9.84. The Kier molecular flexibility index (Phi) is 8.13. The Labute approximate surface area is 342 Å². The van der Waals surface area contributed by atoms with Gasteiger partial charge in [0.1, 0.15) is 0 Å². The Balaban J connectivity index is 1.10. The zero-order chi connectivity index (χ0) is 39.5. The third kappa shape index (κ3) is 5.75. The van der Waals surface area contributed by atoms with Crippen molar-refractivity contribution < 1.29 is 0 Å². The zero-order valence-electron chi connectivity index (χ0n) is 32.2. The highest BCUT2D eigenvalue weighted by Gasteiger charge is 2.19. The maximum atomic E-state index is 8.63. The minimum absolute atomic E-state index is 0.784. The maximum absolute atomic E-state index is 8.63. The topological polar surface area (TPSA) is 41.7 Å². The predicted octanol–water partition coefficient (Wildman–Crippen LogP) is 14.9. The van der Waals surface area contributed by atoms with Crippen LogP contribution in [0.4, 0.5) is 0 Å². The molecule has 0 spiro atoms. The van der Waals surface area contributed by atoms with E-state index >= 15 is 0 Å². The Morgan fingerprint density at radius 3 is 1.71 bits per heavy atom. The molecule has 0 aliphatic heterocycles. The normalized spacial score (nSPS) is 12.0. The van der Waals surface area contributed by atoms with Crippen molar-refractivity contribution in [3.05, 3.63) is 218 Å². The molecule has 11 rings (SSSR count). The van der Waals surface area contributed by atoms with Crippen LogP contribution in [-0.2, 0) is 0 Å². The molecule has 59 heavy (non-hydrogen) atoms. The van der Waals surface area contributed by atoms with Gasteiger partial charge in [0.05, 0.1) is 11.0 Å². The highest BCUT2D eigenvalue weighted by atomic mass is 15.0. The van der Waals surface area contributed by atoms with Crippen LogP contribution in [0.15, 0.2) is 207 Å². The summed E-state index contributed by atoms with van der Waals surface area (Å²) in [6.07, 6.45) is 7.27. The van der Waals surface area contributed by atoms with Crippen molar-refractivity contribution >= 4 is 82.3 Å². The number of para-hydroxylation sites is 1. The molecular weight excluding hydrogens is 715 g/mol. The van der Waals surface area contributed by atoms with Crippen LogP contribution in [0.2, 0.25) is 0 Å². The third-order valence-electron chi connectivity index (χ3n) is 11.9. The molecule has 3 heteroatoms. The monoisotopic (exact) mass is 751 g/mol. The summed E-state index contributed by atoms with van der Waals surface area (Å²) in [7, 11) is 0. The van der Waals surface area contributed by atoms with E-state index in [0.29, 0.717) is 0 Å². The molecule has 0 aliphatic carbocycles. The Morgan fingerprint density at radius 2 is 1.03 bits per heavy atom. The summed E-state index contributed by atoms with van der Waals surface area (Å²) in [6, 6.07) is 65.3. The number of aromatic nitrogens is 2. The number of rotatable bonds is 7. The van der Waals surface area contributed by atoms with E-state index in [1.807, 2.05) is 24.5 Å². The first-order chi connectivity index (χ1) is 29.1. The van der Waals surface area contributed by atoms with Gasteiger partial charge in [-0.25, -0.2) is 0 Å². The van der Waals surface area contributed by atoms with Crippen molar-refractivity contribution in [1.82, 2.24) is 9.55 Å². The molecule has 276 valence electrons. The van der Waals surface area contributed by atoms with Crippen LogP contribution in [0.1, 0.15) is 11.1 Å². The van der Waals surface area contributed by atoms with Gasteiger partial charge in [-0.1, -0.05) is 140 Å². The number of fused-ring (bicyclic) bond motifs is 7. The fourth-order valence-corrected chi connectivity index (χ4v) is 9.07. The fraction of sp³-hybridized carbons (Fsp3) is 0. The number of allylic oxidation sites excluding steroid dienone is 3. The molecule has 2 aromatic heterocycles. The second kappa shape index (κ2) is 13.9. The van der Waals surface area contributed by atoms with Gasteiger partial charge < -0.3 is 9.98 Å². The number of pyridine rings is 1. The number of hydrogen-bond donors (Lipinski definition) is 1. The van der Waals surface area contributed by atoms with Crippen LogP contribution >= 0.6 is 0 Å². The van der Waals surface area contributed by atoms with Crippen molar-refractivity contribution in [1.29, 1.82) is 5.41 Å². The van der Waals surface area contributed by atoms with E-state index in [-0.39, 0.29) is 0 Å². The molecule has 0 aliphatic rings. The van der Waals surface area contributed by atoms with Crippen LogP contribution in [-0.4, -0.2) is 15.8 Å². The SMILES string of the molecule is C=C(/C=C(\C=N)c1ccc2c(c1)c1cnccc1n2-c1ccccc1)c1ccc2c(-c3ccc4ccccc4c3)c3ccccc3c(-c3ccc4ccccc4c3)c2c1. The molecule has 1 N–H and O–H groups in total. The van der Waals surface area contributed by atoms with E-state index in [9.17, 15) is 0 Å². The minimum atomic E-state index is 0.784. The summed E-state index contributed by atoms with van der Waals surface area (Å²) in [5.74, 6) is 0. The number of hydrogen-bond acceptors (Lipinski definition) is 2. The molecule has 3 nitrogen and oxygen atoms in total. The van der Waals surface area contributed by atoms with Gasteiger partial charge in [-0.05, 0) is 142 Å². The van der Waals surface area contributed by atoms with Crippen LogP contribution < -0.4 is 0 Å². The number of nitrogens with zero attached hydrogens (tertiary/aromatic N) is 2. The standard InChI is InChI=1S/C56H37N3/c1-36(29-45(34-57)42-24-26-53-50(33-42)52-35-58-28-27-54(52)59(53)46-15-3-2-4-16-46)39-23-25-49-51(32-39)56(44-22-20-38-12-6-8-14-41(38)31-44)48-18-10-9-17-47(48)55(49)43-21-19-37-11-5-7-13-40(37)30-43/h2-35,57H,1H2/b45-29+,57-34?. The zero-order valence-corrected chi connectivity index (χ0v) is 32.2. The molecule has 11 aromatic rings. The lowest BCUT2D eigenvalue weighted by molar-refractivity contribution is 1.17. The smallest absolute Gasteiger partial charge is 0.0571 e. The van der Waals surface area contributed by atoms with Gasteiger partial charge in [0.2, 0.25) is 0 Å². The van der Waals surface area contributed by atoms with Crippen LogP contribution in [0.3, 0.4) is 0 Å². The summed E-state index contributed by atoms with van der Waals surface area (Å²) in [5.41, 5.74) is 11.6. The van der Waals surface area contributed by atoms with Crippen LogP contribution in [0, 0.1) is 5.41 Å². The molecule has 0 radical (unpaired) electrons. The van der Waals surface area contributed by atoms with Crippen molar-refractivity contribution in [2.24, 2.45) is 0 Å². The van der Waals surface area contributed by atoms with Gasteiger partial charge in [0.15, 0.2) is 0 Å². The molecule has 0 fully saturated rings. The number of benzene rings is 9. The first kappa shape index (κ1) is 34.4. The lowest BCUT2D eigenvalue weighted by Gasteiger charge is -2.19. The lowest BCUT2D eigenvalue weighted by Crippen LogP contribution is -1.94. The van der Waals surface area contributed by atoms with Crippen molar-refractivity contribution in [3.8, 4) is 27.9 Å². The van der Waals surface area contributed by atoms with Gasteiger partial charge in [-0.3, -0.25) is 4.98 Å². The summed E-state index contributed by atoms with van der Waals surface area (Å²) in [4.78, 5) is 4.49. The molecule has 0 atom stereocenters. The van der Waals surface area contributed by atoms with Gasteiger partial charge >= 0.3 is 0 Å². The van der Waals surface area contributed by atoms with Crippen molar-refractivity contribution in [3.63, 3.8) is 0 Å². The number of nitrogens with one attached hydrogen (secondary N) is 1. The Hall–Kier alpha value is -7.88. The second-order valence-corrected chi connectivity index (χ2v) is 15.2. The average Bonchev–Trinajstić information content (AvgIpc) is 3.63. The maximum Gasteiger partial charge on any atom is 0.0571 e. The van der Waals surface area contributed by atoms with E-state index < -0.39 is 0 Å². The minimum Gasteiger partial charge on any atom is -0.309 e. The largest absolute Gasteiger partial charge is 0.309 e. The molecule has 9 aromatic carbocycles. The van der Waals surface area contributed by atoms with Gasteiger partial charge in [-0.2, -0.15) is 0 Å². The van der Waals surface area contributed by atoms with Crippen molar-refractivity contribution in [2.75, 3.05) is 0 Å². The van der Waals surface area contributed by atoms with E-state index in [1.54, 1.807) is 0 Å². The van der Waals surface area contributed by atoms with E-state index in [1.165, 1.54) is 66.2 Å². The van der Waals surface area contributed by atoms with Gasteiger partial charge in [0, 0.05) is 35.1 Å². The molecule has 0 amide bonds. The van der Waals surface area contributed by atoms with E-state index in [2.05, 4.69) is 192 Å². The molecule has 0 bridgehead atoms. The third-order valence-corrected chi connectivity index (χ3v) is 11.9. The molecular formula is C56H37N3. The first-order valence-electron chi connectivity index (χ1n) is 20.0. The highest BCUT2D eigenvalue weighted by molar-refractivity contribution is 6.23. The van der Waals surface area contributed by atoms with Crippen LogP contribution in [0.5, 0.6) is 0 Å². The van der Waals surface area contributed by atoms with Crippen molar-refractivity contribution in [2.45, 2.75) is 0 Å². The molecule has 2 heterocycles.